The maximum absolute atomic E-state index is 5.48. The van der Waals surface area contributed by atoms with Gasteiger partial charge in [0, 0.05) is 12.4 Å². The molecule has 0 saturated heterocycles. The molecule has 0 aliphatic heterocycles. The number of aryl methyl sites for hydroxylation is 1. The predicted molar refractivity (Wildman–Crippen MR) is 71.7 cm³/mol. The zero-order chi connectivity index (χ0) is 10.8. The van der Waals surface area contributed by atoms with Crippen molar-refractivity contribution in [1.82, 2.24) is 19.5 Å². The lowest BCUT2D eigenvalue weighted by molar-refractivity contribution is 0.600. The summed E-state index contributed by atoms with van der Waals surface area (Å²) in [5, 5.41) is 0. The van der Waals surface area contributed by atoms with Crippen LogP contribution in [-0.4, -0.2) is 19.5 Å². The molecule has 2 aromatic heterocycles. The minimum absolute atomic E-state index is 0. The first kappa shape index (κ1) is 15.7. The molecule has 0 saturated carbocycles. The average Bonchev–Trinajstić information content (AvgIpc) is 2.65. The first-order valence-corrected chi connectivity index (χ1v) is 4.75. The fraction of sp³-hybridized carbons (Fsp3) is 0.300. The molecule has 0 bridgehead atoms. The summed E-state index contributed by atoms with van der Waals surface area (Å²) in [6, 6.07) is 0.126. The number of imidazole rings is 1. The number of nitrogens with two attached hydrogens (primary N) is 1. The zero-order valence-corrected chi connectivity index (χ0v) is 11.2. The van der Waals surface area contributed by atoms with Gasteiger partial charge in [0.05, 0.1) is 24.1 Å². The van der Waals surface area contributed by atoms with Crippen molar-refractivity contribution in [3.63, 3.8) is 0 Å². The number of hydrogen-bond donors (Lipinski definition) is 1. The summed E-state index contributed by atoms with van der Waals surface area (Å²) < 4.78 is 2.04. The van der Waals surface area contributed by atoms with Gasteiger partial charge in [-0.1, -0.05) is 0 Å². The van der Waals surface area contributed by atoms with E-state index >= 15 is 0 Å². The van der Waals surface area contributed by atoms with Crippen LogP contribution in [0.5, 0.6) is 0 Å². The Kier molecular flexibility index (Phi) is 5.91. The summed E-state index contributed by atoms with van der Waals surface area (Å²) in [6.45, 7) is 4.01. The maximum Gasteiger partial charge on any atom is 0.141 e. The summed E-state index contributed by atoms with van der Waals surface area (Å²) in [5.74, 6) is 1.40. The van der Waals surface area contributed by atoms with Crippen molar-refractivity contribution >= 4 is 30.6 Å². The van der Waals surface area contributed by atoms with Crippen molar-refractivity contribution in [1.29, 1.82) is 0 Å². The Hall–Kier alpha value is -1.33. The molecule has 17 heavy (non-hydrogen) atoms. The van der Waals surface area contributed by atoms with Crippen molar-refractivity contribution in [2.75, 3.05) is 5.73 Å². The van der Waals surface area contributed by atoms with E-state index in [0.717, 1.165) is 11.5 Å². The predicted octanol–water partition coefficient (Wildman–Crippen LogP) is 2.02. The number of nitrogens with zero attached hydrogens (tertiary/aromatic N) is 4. The summed E-state index contributed by atoms with van der Waals surface area (Å²) in [4.78, 5) is 12.4. The van der Waals surface area contributed by atoms with Crippen LogP contribution in [0.25, 0.3) is 0 Å². The quantitative estimate of drug-likeness (QED) is 0.911. The lowest BCUT2D eigenvalue weighted by Gasteiger charge is -2.13. The molecule has 0 amide bonds. The van der Waals surface area contributed by atoms with Crippen LogP contribution in [0.3, 0.4) is 0 Å². The van der Waals surface area contributed by atoms with Gasteiger partial charge in [-0.15, -0.1) is 24.8 Å². The third-order valence-electron chi connectivity index (χ3n) is 2.40. The van der Waals surface area contributed by atoms with Crippen LogP contribution in [0.1, 0.15) is 24.5 Å². The number of aromatic nitrogens is 4. The number of nitrogen functional groups attached to an aromatic ring is 1. The van der Waals surface area contributed by atoms with Crippen molar-refractivity contribution in [3.05, 3.63) is 36.3 Å². The van der Waals surface area contributed by atoms with Crippen molar-refractivity contribution in [2.24, 2.45) is 0 Å². The second-order valence-corrected chi connectivity index (χ2v) is 3.42. The molecule has 2 rings (SSSR count). The Morgan fingerprint density at radius 3 is 2.35 bits per heavy atom. The largest absolute Gasteiger partial charge is 0.382 e. The highest BCUT2D eigenvalue weighted by Crippen LogP contribution is 2.16. The number of rotatable bonds is 2. The van der Waals surface area contributed by atoms with E-state index in [1.807, 2.05) is 17.7 Å². The Bertz CT molecular complexity index is 454. The number of anilines is 1. The van der Waals surface area contributed by atoms with E-state index in [1.165, 1.54) is 0 Å². The Morgan fingerprint density at radius 1 is 1.18 bits per heavy atom. The lowest BCUT2D eigenvalue weighted by atomic mass is 10.2. The first-order valence-electron chi connectivity index (χ1n) is 4.75. The molecule has 5 nitrogen and oxygen atoms in total. The van der Waals surface area contributed by atoms with Gasteiger partial charge in [0.15, 0.2) is 0 Å². The molecule has 1 atom stereocenters. The molecular weight excluding hydrogens is 261 g/mol. The average molecular weight is 276 g/mol. The summed E-state index contributed by atoms with van der Waals surface area (Å²) >= 11 is 0. The van der Waals surface area contributed by atoms with E-state index in [0.29, 0.717) is 5.82 Å². The van der Waals surface area contributed by atoms with Gasteiger partial charge >= 0.3 is 0 Å². The van der Waals surface area contributed by atoms with Crippen LogP contribution in [0.4, 0.5) is 5.82 Å². The van der Waals surface area contributed by atoms with Crippen molar-refractivity contribution in [3.8, 4) is 0 Å². The van der Waals surface area contributed by atoms with Crippen LogP contribution in [0.2, 0.25) is 0 Å². The van der Waals surface area contributed by atoms with Gasteiger partial charge in [0.1, 0.15) is 11.6 Å². The van der Waals surface area contributed by atoms with Crippen LogP contribution < -0.4 is 5.73 Å². The molecule has 0 aromatic carbocycles. The van der Waals surface area contributed by atoms with E-state index in [-0.39, 0.29) is 30.9 Å². The molecule has 0 radical (unpaired) electrons. The zero-order valence-electron chi connectivity index (χ0n) is 9.57. The van der Waals surface area contributed by atoms with Gasteiger partial charge in [0.25, 0.3) is 0 Å². The number of hydrogen-bond acceptors (Lipinski definition) is 4. The summed E-state index contributed by atoms with van der Waals surface area (Å²) in [6.07, 6.45) is 6.96. The van der Waals surface area contributed by atoms with E-state index in [4.69, 9.17) is 5.73 Å². The van der Waals surface area contributed by atoms with Gasteiger partial charge in [-0.2, -0.15) is 0 Å². The molecule has 0 aliphatic carbocycles. The molecule has 94 valence electrons. The molecule has 7 heteroatoms. The molecule has 0 spiro atoms. The molecular formula is C10H15Cl2N5. The molecule has 1 unspecified atom stereocenters. The smallest absolute Gasteiger partial charge is 0.141 e. The normalized spacial score (nSPS) is 11.2. The van der Waals surface area contributed by atoms with E-state index in [9.17, 15) is 0 Å². The second kappa shape index (κ2) is 6.42. The topological polar surface area (TPSA) is 69.6 Å². The van der Waals surface area contributed by atoms with Crippen LogP contribution >= 0.6 is 24.8 Å². The molecule has 0 aliphatic rings. The minimum Gasteiger partial charge on any atom is -0.382 e. The first-order chi connectivity index (χ1) is 7.18. The lowest BCUT2D eigenvalue weighted by Crippen LogP contribution is -2.10. The fourth-order valence-electron chi connectivity index (χ4n) is 1.50. The van der Waals surface area contributed by atoms with Gasteiger partial charge in [-0.05, 0) is 13.8 Å². The summed E-state index contributed by atoms with van der Waals surface area (Å²) in [7, 11) is 0. The second-order valence-electron chi connectivity index (χ2n) is 3.42. The molecule has 0 fully saturated rings. The van der Waals surface area contributed by atoms with Gasteiger partial charge in [-0.25, -0.2) is 9.97 Å². The fourth-order valence-corrected chi connectivity index (χ4v) is 1.50. The van der Waals surface area contributed by atoms with Crippen LogP contribution in [0, 0.1) is 6.92 Å². The van der Waals surface area contributed by atoms with Crippen LogP contribution in [-0.2, 0) is 0 Å². The van der Waals surface area contributed by atoms with Crippen molar-refractivity contribution < 1.29 is 0 Å². The third kappa shape index (κ3) is 3.31. The Labute approximate surface area is 112 Å². The standard InChI is InChI=1S/C10H13N5.2ClH/c1-7(15-4-3-12-8(15)2)9-5-14-10(11)6-13-9;;/h3-7H,1-2H3,(H2,11,14);2*1H. The molecule has 2 N–H and O–H groups in total. The van der Waals surface area contributed by atoms with Crippen LogP contribution in [0.15, 0.2) is 24.8 Å². The van der Waals surface area contributed by atoms with Gasteiger partial charge < -0.3 is 10.3 Å². The highest BCUT2D eigenvalue weighted by Gasteiger charge is 2.10. The van der Waals surface area contributed by atoms with E-state index in [2.05, 4.69) is 21.9 Å². The number of halogens is 2. The SMILES string of the molecule is Cc1nccn1C(C)c1cnc(N)cn1.Cl.Cl. The highest BCUT2D eigenvalue weighted by atomic mass is 35.5. The van der Waals surface area contributed by atoms with E-state index in [1.54, 1.807) is 18.6 Å². The van der Waals surface area contributed by atoms with Gasteiger partial charge in [-0.3, -0.25) is 4.98 Å². The molecule has 2 heterocycles. The highest BCUT2D eigenvalue weighted by molar-refractivity contribution is 5.85. The Morgan fingerprint density at radius 2 is 1.88 bits per heavy atom. The summed E-state index contributed by atoms with van der Waals surface area (Å²) in [5.41, 5.74) is 6.36. The monoisotopic (exact) mass is 275 g/mol. The van der Waals surface area contributed by atoms with Gasteiger partial charge in [0.2, 0.25) is 0 Å². The van der Waals surface area contributed by atoms with Crippen molar-refractivity contribution in [2.45, 2.75) is 19.9 Å². The molecule has 2 aromatic rings. The third-order valence-corrected chi connectivity index (χ3v) is 2.40. The minimum atomic E-state index is 0. The van der Waals surface area contributed by atoms with E-state index < -0.39 is 0 Å². The maximum atomic E-state index is 5.48. The Balaban J connectivity index is 0.00000128.